The molecule has 0 spiro atoms. The Morgan fingerprint density at radius 2 is 1.19 bits per heavy atom. The highest BCUT2D eigenvalue weighted by Gasteiger charge is 2.11. The maximum atomic E-state index is 10.8. The van der Waals surface area contributed by atoms with Gasteiger partial charge in [-0.15, -0.1) is 15.3 Å². The SMILES string of the molecule is CC(=O)CCCn1ccnn1.CC(=O)CCCn1nccn1.CC(=O)CCCn1nnc(C(C)C)c1C.CCCC(C)c1cn(CCCC(C)=O)nn1. The van der Waals surface area contributed by atoms with Crippen LogP contribution in [-0.4, -0.2) is 83.1 Å². The van der Waals surface area contributed by atoms with Crippen LogP contribution in [0.4, 0.5) is 0 Å². The molecule has 4 rings (SSSR count). The van der Waals surface area contributed by atoms with E-state index >= 15 is 0 Å². The van der Waals surface area contributed by atoms with Crippen LogP contribution in [-0.2, 0) is 45.4 Å². The molecule has 4 heterocycles. The first-order valence-corrected chi connectivity index (χ1v) is 18.7. The van der Waals surface area contributed by atoms with Gasteiger partial charge in [-0.05, 0) is 72.6 Å². The number of Topliss-reactive ketones (excluding diaryl/α,β-unsaturated/α-hetero) is 4. The third-order valence-corrected chi connectivity index (χ3v) is 7.90. The summed E-state index contributed by atoms with van der Waals surface area (Å²) in [5, 5.41) is 31.7. The number of rotatable bonds is 20. The second-order valence-corrected chi connectivity index (χ2v) is 13.5. The van der Waals surface area contributed by atoms with Crippen molar-refractivity contribution in [2.45, 2.75) is 165 Å². The van der Waals surface area contributed by atoms with E-state index in [4.69, 9.17) is 0 Å². The van der Waals surface area contributed by atoms with Crippen LogP contribution in [0.1, 0.15) is 149 Å². The lowest BCUT2D eigenvalue weighted by Crippen LogP contribution is -2.05. The van der Waals surface area contributed by atoms with Crippen LogP contribution in [0.2, 0.25) is 0 Å². The zero-order valence-corrected chi connectivity index (χ0v) is 33.4. The topological polar surface area (TPSA) is 191 Å². The lowest BCUT2D eigenvalue weighted by Gasteiger charge is -2.04. The van der Waals surface area contributed by atoms with Gasteiger partial charge in [0.25, 0.3) is 0 Å². The van der Waals surface area contributed by atoms with Crippen LogP contribution >= 0.6 is 0 Å². The average molecular weight is 739 g/mol. The minimum atomic E-state index is 0.220. The van der Waals surface area contributed by atoms with Crippen molar-refractivity contribution in [2.75, 3.05) is 0 Å². The van der Waals surface area contributed by atoms with Crippen molar-refractivity contribution in [2.24, 2.45) is 0 Å². The van der Waals surface area contributed by atoms with Gasteiger partial charge in [0.2, 0.25) is 0 Å². The summed E-state index contributed by atoms with van der Waals surface area (Å²) in [6, 6.07) is 0. The van der Waals surface area contributed by atoms with Gasteiger partial charge in [0, 0.05) is 63.6 Å². The quantitative estimate of drug-likeness (QED) is 0.104. The largest absolute Gasteiger partial charge is 0.300 e. The van der Waals surface area contributed by atoms with Crippen LogP contribution in [0.15, 0.2) is 31.0 Å². The molecule has 0 amide bonds. The molecule has 4 aromatic rings. The van der Waals surface area contributed by atoms with Crippen molar-refractivity contribution in [3.05, 3.63) is 48.1 Å². The fraction of sp³-hybridized carbons (Fsp3) is 0.676. The molecule has 4 aromatic heterocycles. The van der Waals surface area contributed by atoms with E-state index in [0.29, 0.717) is 37.5 Å². The fourth-order valence-electron chi connectivity index (χ4n) is 4.99. The van der Waals surface area contributed by atoms with Crippen LogP contribution in [0.25, 0.3) is 0 Å². The molecule has 0 aliphatic heterocycles. The molecule has 1 unspecified atom stereocenters. The molecule has 0 fully saturated rings. The summed E-state index contributed by atoms with van der Waals surface area (Å²) in [7, 11) is 0. The first kappa shape index (κ1) is 46.3. The number of aryl methyl sites for hydroxylation is 4. The summed E-state index contributed by atoms with van der Waals surface area (Å²) in [5.41, 5.74) is 3.23. The van der Waals surface area contributed by atoms with E-state index in [2.05, 4.69) is 68.8 Å². The fourth-order valence-corrected chi connectivity index (χ4v) is 4.99. The van der Waals surface area contributed by atoms with Gasteiger partial charge in [-0.1, -0.05) is 49.8 Å². The van der Waals surface area contributed by atoms with Crippen molar-refractivity contribution < 1.29 is 19.2 Å². The third kappa shape index (κ3) is 22.0. The van der Waals surface area contributed by atoms with Crippen molar-refractivity contribution in [3.63, 3.8) is 0 Å². The van der Waals surface area contributed by atoms with Crippen LogP contribution in [0, 0.1) is 6.92 Å². The van der Waals surface area contributed by atoms with E-state index in [1.807, 2.05) is 22.5 Å². The van der Waals surface area contributed by atoms with E-state index < -0.39 is 0 Å². The lowest BCUT2D eigenvalue weighted by atomic mass is 10.0. The highest BCUT2D eigenvalue weighted by atomic mass is 16.1. The average Bonchev–Trinajstić information content (AvgIpc) is 3.92. The molecular formula is C37H62N12O4. The Kier molecular flexibility index (Phi) is 23.5. The van der Waals surface area contributed by atoms with Gasteiger partial charge < -0.3 is 19.2 Å². The Labute approximate surface area is 314 Å². The first-order valence-electron chi connectivity index (χ1n) is 18.7. The normalized spacial score (nSPS) is 11.1. The number of carbonyl (C=O) groups excluding carboxylic acids is 4. The molecule has 0 N–H and O–H groups in total. The molecule has 1 atom stereocenters. The highest BCUT2D eigenvalue weighted by molar-refractivity contribution is 5.76. The van der Waals surface area contributed by atoms with Crippen LogP contribution < -0.4 is 0 Å². The maximum absolute atomic E-state index is 10.8. The van der Waals surface area contributed by atoms with E-state index in [9.17, 15) is 19.2 Å². The Morgan fingerprint density at radius 3 is 1.66 bits per heavy atom. The molecule has 53 heavy (non-hydrogen) atoms. The lowest BCUT2D eigenvalue weighted by molar-refractivity contribution is -0.118. The van der Waals surface area contributed by atoms with E-state index in [1.54, 1.807) is 62.0 Å². The van der Waals surface area contributed by atoms with Gasteiger partial charge in [-0.25, -0.2) is 4.68 Å². The molecule has 0 aliphatic rings. The molecule has 0 aliphatic carbocycles. The smallest absolute Gasteiger partial charge is 0.129 e. The maximum Gasteiger partial charge on any atom is 0.129 e. The summed E-state index contributed by atoms with van der Waals surface area (Å²) >= 11 is 0. The number of nitrogens with zero attached hydrogens (tertiary/aromatic N) is 12. The zero-order valence-electron chi connectivity index (χ0n) is 33.4. The summed E-state index contributed by atoms with van der Waals surface area (Å²) < 4.78 is 5.45. The molecule has 0 aromatic carbocycles. The molecule has 16 nitrogen and oxygen atoms in total. The van der Waals surface area contributed by atoms with Gasteiger partial charge in [-0.3, -0.25) is 9.36 Å². The van der Waals surface area contributed by atoms with Gasteiger partial charge in [0.05, 0.1) is 42.2 Å². The van der Waals surface area contributed by atoms with E-state index in [-0.39, 0.29) is 23.1 Å². The molecule has 0 saturated heterocycles. The minimum absolute atomic E-state index is 0.220. The molecule has 0 saturated carbocycles. The predicted octanol–water partition coefficient (Wildman–Crippen LogP) is 5.92. The number of ketones is 4. The number of aromatic nitrogens is 12. The van der Waals surface area contributed by atoms with E-state index in [1.165, 1.54) is 6.42 Å². The van der Waals surface area contributed by atoms with Gasteiger partial charge in [0.15, 0.2) is 0 Å². The Balaban J connectivity index is 0.000000358. The van der Waals surface area contributed by atoms with Crippen molar-refractivity contribution >= 4 is 23.1 Å². The molecule has 0 bridgehead atoms. The Bertz CT molecular complexity index is 1530. The summed E-state index contributed by atoms with van der Waals surface area (Å²) in [6.07, 6.45) is 16.8. The van der Waals surface area contributed by atoms with E-state index in [0.717, 1.165) is 75.4 Å². The summed E-state index contributed by atoms with van der Waals surface area (Å²) in [5.74, 6) is 1.80. The van der Waals surface area contributed by atoms with Crippen molar-refractivity contribution in [1.82, 2.24) is 60.0 Å². The number of hydrogen-bond donors (Lipinski definition) is 0. The predicted molar refractivity (Wildman–Crippen MR) is 202 cm³/mol. The second-order valence-electron chi connectivity index (χ2n) is 13.5. The zero-order chi connectivity index (χ0) is 39.6. The molecule has 16 heteroatoms. The molecular weight excluding hydrogens is 676 g/mol. The second kappa shape index (κ2) is 26.9. The number of carbonyl (C=O) groups is 4. The summed E-state index contributed by atoms with van der Waals surface area (Å²) in [6.45, 7) is 20.1. The minimum Gasteiger partial charge on any atom is -0.300 e. The number of hydrogen-bond acceptors (Lipinski definition) is 12. The van der Waals surface area contributed by atoms with Gasteiger partial charge >= 0.3 is 0 Å². The third-order valence-electron chi connectivity index (χ3n) is 7.90. The Hall–Kier alpha value is -4.76. The van der Waals surface area contributed by atoms with Crippen molar-refractivity contribution in [1.29, 1.82) is 0 Å². The highest BCUT2D eigenvalue weighted by Crippen LogP contribution is 2.17. The van der Waals surface area contributed by atoms with Crippen molar-refractivity contribution in [3.8, 4) is 0 Å². The standard InChI is InChI=1S/C12H21N3O.C11H19N3O.2C7H11N3O/c1-4-6-10(2)12-9-15(14-13-12)8-5-7-11(3)16;1-8(2)11-10(4)14(13-12-11)7-5-6-9(3)15;1-7(11)3-2-6-10-8-4-5-9-10;1-7(11)3-2-5-10-6-4-8-9-10/h9-10H,4-8H2,1-3H3;8H,5-7H2,1-4H3;4-5H,2-3,6H2,1H3;4,6H,2-3,5H2,1H3. The van der Waals surface area contributed by atoms with Crippen LogP contribution in [0.5, 0.6) is 0 Å². The van der Waals surface area contributed by atoms with Gasteiger partial charge in [-0.2, -0.15) is 15.0 Å². The monoisotopic (exact) mass is 739 g/mol. The summed E-state index contributed by atoms with van der Waals surface area (Å²) in [4.78, 5) is 44.2. The Morgan fingerprint density at radius 1 is 0.660 bits per heavy atom. The first-order chi connectivity index (χ1) is 25.2. The molecule has 0 radical (unpaired) electrons. The van der Waals surface area contributed by atoms with Gasteiger partial charge in [0.1, 0.15) is 23.1 Å². The van der Waals surface area contributed by atoms with Crippen LogP contribution in [0.3, 0.4) is 0 Å². The molecule has 294 valence electrons.